The van der Waals surface area contributed by atoms with E-state index in [4.69, 9.17) is 4.99 Å². The van der Waals surface area contributed by atoms with Gasteiger partial charge in [-0.2, -0.15) is 0 Å². The summed E-state index contributed by atoms with van der Waals surface area (Å²) in [6.07, 6.45) is 7.35. The number of aliphatic imine (C=N–C) groups is 1. The quantitative estimate of drug-likeness (QED) is 0.742. The number of nitrogens with one attached hydrogen (secondary N) is 3. The van der Waals surface area contributed by atoms with E-state index in [1.807, 2.05) is 0 Å². The molecule has 4 nitrogen and oxygen atoms in total. The molecule has 1 saturated carbocycles. The predicted octanol–water partition coefficient (Wildman–Crippen LogP) is 3.60. The first-order valence-electron chi connectivity index (χ1n) is 9.12. The topological polar surface area (TPSA) is 48.5 Å². The van der Waals surface area contributed by atoms with Crippen LogP contribution in [0.2, 0.25) is 0 Å². The molecule has 1 aliphatic carbocycles. The van der Waals surface area contributed by atoms with Crippen molar-refractivity contribution in [1.82, 2.24) is 5.32 Å². The van der Waals surface area contributed by atoms with Gasteiger partial charge < -0.3 is 16.0 Å². The van der Waals surface area contributed by atoms with Crippen molar-refractivity contribution in [2.24, 2.45) is 4.99 Å². The molecule has 0 amide bonds. The maximum atomic E-state index is 5.18. The Kier molecular flexibility index (Phi) is 3.80. The largest absolute Gasteiger partial charge is 0.371 e. The van der Waals surface area contributed by atoms with Crippen LogP contribution in [0, 0.1) is 13.8 Å². The van der Waals surface area contributed by atoms with Gasteiger partial charge in [-0.05, 0) is 75.9 Å². The van der Waals surface area contributed by atoms with Gasteiger partial charge in [0.15, 0.2) is 0 Å². The molecule has 2 fully saturated rings. The summed E-state index contributed by atoms with van der Waals surface area (Å²) in [6.45, 7) is 6.48. The molecular weight excluding hydrogens is 284 g/mol. The van der Waals surface area contributed by atoms with Crippen LogP contribution in [-0.2, 0) is 0 Å². The van der Waals surface area contributed by atoms with Crippen LogP contribution in [-0.4, -0.2) is 30.5 Å². The van der Waals surface area contributed by atoms with Crippen molar-refractivity contribution in [3.63, 3.8) is 0 Å². The molecule has 2 heterocycles. The van der Waals surface area contributed by atoms with Gasteiger partial charge in [-0.25, -0.2) is 0 Å². The van der Waals surface area contributed by atoms with Gasteiger partial charge in [0, 0.05) is 0 Å². The third-order valence-corrected chi connectivity index (χ3v) is 5.81. The zero-order valence-electron chi connectivity index (χ0n) is 14.3. The second-order valence-corrected chi connectivity index (χ2v) is 7.48. The number of benzene rings is 1. The molecule has 1 aromatic carbocycles. The highest BCUT2D eigenvalue weighted by Crippen LogP contribution is 2.38. The minimum absolute atomic E-state index is 0.0114. The van der Waals surface area contributed by atoms with Crippen LogP contribution in [0.25, 0.3) is 0 Å². The van der Waals surface area contributed by atoms with E-state index in [0.717, 1.165) is 25.9 Å². The molecule has 3 aliphatic rings. The maximum Gasteiger partial charge on any atom is 0.127 e. The number of hydrogen-bond donors (Lipinski definition) is 3. The molecular formula is C19H28N4. The highest BCUT2D eigenvalue weighted by molar-refractivity contribution is 6.09. The number of piperidine rings is 1. The summed E-state index contributed by atoms with van der Waals surface area (Å²) in [4.78, 5) is 5.18. The van der Waals surface area contributed by atoms with Crippen LogP contribution in [0.5, 0.6) is 0 Å². The van der Waals surface area contributed by atoms with Crippen molar-refractivity contribution in [3.05, 3.63) is 23.3 Å². The van der Waals surface area contributed by atoms with Gasteiger partial charge in [0.05, 0.1) is 23.0 Å². The first kappa shape index (κ1) is 15.0. The summed E-state index contributed by atoms with van der Waals surface area (Å²) in [5, 5.41) is 11.1. The SMILES string of the molecule is Cc1cc2c(cc1C)NC1(CCNCC1)C(=NC1CCCC1)N2. The second-order valence-electron chi connectivity index (χ2n) is 7.48. The Morgan fingerprint density at radius 1 is 1.00 bits per heavy atom. The Hall–Kier alpha value is -1.55. The smallest absolute Gasteiger partial charge is 0.127 e. The average Bonchev–Trinajstić information content (AvgIpc) is 3.04. The predicted molar refractivity (Wildman–Crippen MR) is 97.7 cm³/mol. The lowest BCUT2D eigenvalue weighted by Crippen LogP contribution is -2.58. The molecule has 4 rings (SSSR count). The average molecular weight is 312 g/mol. The number of rotatable bonds is 1. The summed E-state index contributed by atoms with van der Waals surface area (Å²) in [6, 6.07) is 5.06. The first-order valence-corrected chi connectivity index (χ1v) is 9.12. The van der Waals surface area contributed by atoms with E-state index in [9.17, 15) is 0 Å². The van der Waals surface area contributed by atoms with E-state index in [1.54, 1.807) is 0 Å². The third kappa shape index (κ3) is 2.74. The Balaban J connectivity index is 1.73. The monoisotopic (exact) mass is 312 g/mol. The highest BCUT2D eigenvalue weighted by atomic mass is 15.2. The van der Waals surface area contributed by atoms with Crippen LogP contribution >= 0.6 is 0 Å². The molecule has 0 unspecified atom stereocenters. The first-order chi connectivity index (χ1) is 11.2. The molecule has 0 aromatic heterocycles. The van der Waals surface area contributed by atoms with Gasteiger partial charge >= 0.3 is 0 Å². The van der Waals surface area contributed by atoms with Crippen molar-refractivity contribution in [2.75, 3.05) is 23.7 Å². The molecule has 0 radical (unpaired) electrons. The summed E-state index contributed by atoms with van der Waals surface area (Å²) in [5.41, 5.74) is 5.09. The van der Waals surface area contributed by atoms with Crippen LogP contribution in [0.3, 0.4) is 0 Å². The molecule has 1 saturated heterocycles. The van der Waals surface area contributed by atoms with Gasteiger partial charge in [0.1, 0.15) is 5.84 Å². The molecule has 0 bridgehead atoms. The Morgan fingerprint density at radius 2 is 1.65 bits per heavy atom. The molecule has 0 atom stereocenters. The Morgan fingerprint density at radius 3 is 2.35 bits per heavy atom. The van der Waals surface area contributed by atoms with Gasteiger partial charge in [-0.15, -0.1) is 0 Å². The molecule has 3 N–H and O–H groups in total. The zero-order chi connectivity index (χ0) is 15.9. The van der Waals surface area contributed by atoms with E-state index in [2.05, 4.69) is 41.9 Å². The van der Waals surface area contributed by atoms with Crippen LogP contribution < -0.4 is 16.0 Å². The lowest BCUT2D eigenvalue weighted by Gasteiger charge is -2.44. The number of nitrogens with zero attached hydrogens (tertiary/aromatic N) is 1. The standard InChI is InChI=1S/C19H28N4/c1-13-11-16-17(12-14(13)2)23-19(7-9-20-10-8-19)18(22-16)21-15-5-3-4-6-15/h11-12,15,20,23H,3-10H2,1-2H3,(H,21,22). The Bertz CT molecular complexity index is 623. The summed E-state index contributed by atoms with van der Waals surface area (Å²) < 4.78 is 0. The fourth-order valence-corrected chi connectivity index (χ4v) is 4.17. The van der Waals surface area contributed by atoms with Gasteiger partial charge in [-0.3, -0.25) is 4.99 Å². The normalized spacial score (nSPS) is 25.2. The highest BCUT2D eigenvalue weighted by Gasteiger charge is 2.41. The fraction of sp³-hybridized carbons (Fsp3) is 0.632. The fourth-order valence-electron chi connectivity index (χ4n) is 4.17. The number of aryl methyl sites for hydroxylation is 2. The number of anilines is 2. The van der Waals surface area contributed by atoms with Crippen LogP contribution in [0.1, 0.15) is 49.7 Å². The van der Waals surface area contributed by atoms with Crippen molar-refractivity contribution in [2.45, 2.75) is 64.0 Å². The molecule has 4 heteroatoms. The van der Waals surface area contributed by atoms with Crippen molar-refractivity contribution in [3.8, 4) is 0 Å². The molecule has 23 heavy (non-hydrogen) atoms. The molecule has 1 aromatic rings. The zero-order valence-corrected chi connectivity index (χ0v) is 14.3. The van der Waals surface area contributed by atoms with Crippen LogP contribution in [0.4, 0.5) is 11.4 Å². The van der Waals surface area contributed by atoms with Crippen molar-refractivity contribution in [1.29, 1.82) is 0 Å². The number of amidine groups is 1. The Labute approximate surface area is 139 Å². The van der Waals surface area contributed by atoms with Gasteiger partial charge in [-0.1, -0.05) is 12.8 Å². The minimum atomic E-state index is -0.0114. The maximum absolute atomic E-state index is 5.18. The summed E-state index contributed by atoms with van der Waals surface area (Å²) >= 11 is 0. The molecule has 2 aliphatic heterocycles. The lowest BCUT2D eigenvalue weighted by molar-refractivity contribution is 0.418. The molecule has 1 spiro atoms. The lowest BCUT2D eigenvalue weighted by atomic mass is 9.84. The van der Waals surface area contributed by atoms with Gasteiger partial charge in [0.25, 0.3) is 0 Å². The third-order valence-electron chi connectivity index (χ3n) is 5.81. The van der Waals surface area contributed by atoms with E-state index in [1.165, 1.54) is 54.0 Å². The van der Waals surface area contributed by atoms with E-state index >= 15 is 0 Å². The second kappa shape index (κ2) is 5.82. The molecule has 124 valence electrons. The van der Waals surface area contributed by atoms with Gasteiger partial charge in [0.2, 0.25) is 0 Å². The number of hydrogen-bond acceptors (Lipinski definition) is 3. The van der Waals surface area contributed by atoms with Crippen LogP contribution in [0.15, 0.2) is 17.1 Å². The van der Waals surface area contributed by atoms with E-state index in [0.29, 0.717) is 6.04 Å². The van der Waals surface area contributed by atoms with Crippen molar-refractivity contribution >= 4 is 17.2 Å². The van der Waals surface area contributed by atoms with E-state index in [-0.39, 0.29) is 5.54 Å². The summed E-state index contributed by atoms with van der Waals surface area (Å²) in [5.74, 6) is 1.18. The minimum Gasteiger partial charge on any atom is -0.371 e. The summed E-state index contributed by atoms with van der Waals surface area (Å²) in [7, 11) is 0. The van der Waals surface area contributed by atoms with Crippen molar-refractivity contribution < 1.29 is 0 Å². The van der Waals surface area contributed by atoms with E-state index < -0.39 is 0 Å². The number of fused-ring (bicyclic) bond motifs is 1.